The molecule has 1 heterocycles. The minimum Gasteiger partial charge on any atom is -0.462 e. The third-order valence-corrected chi connectivity index (χ3v) is 3.03. The standard InChI is InChI=1S/C8H6BrNO2S/c1-2-12-8(11)6-3-5(4-10)13-7(6)9/h3H,2H2,1H3. The molecule has 0 aliphatic rings. The van der Waals surface area contributed by atoms with Crippen molar-refractivity contribution in [3.05, 3.63) is 20.3 Å². The summed E-state index contributed by atoms with van der Waals surface area (Å²) in [5, 5.41) is 8.57. The molecule has 0 fully saturated rings. The van der Waals surface area contributed by atoms with Crippen molar-refractivity contribution < 1.29 is 9.53 Å². The summed E-state index contributed by atoms with van der Waals surface area (Å²) < 4.78 is 5.44. The minimum absolute atomic E-state index is 0.336. The van der Waals surface area contributed by atoms with E-state index in [9.17, 15) is 4.79 Å². The first-order valence-corrected chi connectivity index (χ1v) is 5.16. The number of hydrogen-bond donors (Lipinski definition) is 0. The molecule has 0 saturated heterocycles. The number of halogens is 1. The Bertz CT molecular complexity index is 367. The molecule has 0 atom stereocenters. The predicted octanol–water partition coefficient (Wildman–Crippen LogP) is 2.56. The number of carbonyl (C=O) groups is 1. The molecular weight excluding hydrogens is 254 g/mol. The van der Waals surface area contributed by atoms with Crippen LogP contribution in [0.2, 0.25) is 0 Å². The van der Waals surface area contributed by atoms with E-state index in [-0.39, 0.29) is 0 Å². The number of ether oxygens (including phenoxy) is 1. The van der Waals surface area contributed by atoms with Gasteiger partial charge in [0.25, 0.3) is 0 Å². The van der Waals surface area contributed by atoms with Gasteiger partial charge in [-0.2, -0.15) is 5.26 Å². The first-order chi connectivity index (χ1) is 6.19. The fourth-order valence-corrected chi connectivity index (χ4v) is 2.24. The van der Waals surface area contributed by atoms with Gasteiger partial charge in [-0.25, -0.2) is 4.79 Å². The molecule has 68 valence electrons. The Labute approximate surface area is 88.1 Å². The van der Waals surface area contributed by atoms with E-state index in [0.717, 1.165) is 0 Å². The van der Waals surface area contributed by atoms with E-state index < -0.39 is 5.97 Å². The number of esters is 1. The summed E-state index contributed by atoms with van der Waals surface area (Å²) in [5.41, 5.74) is 0.420. The number of rotatable bonds is 2. The molecule has 0 spiro atoms. The van der Waals surface area contributed by atoms with Crippen LogP contribution in [0.25, 0.3) is 0 Å². The van der Waals surface area contributed by atoms with E-state index in [2.05, 4.69) is 15.9 Å². The zero-order chi connectivity index (χ0) is 9.84. The predicted molar refractivity (Wildman–Crippen MR) is 52.7 cm³/mol. The molecule has 1 aromatic heterocycles. The van der Waals surface area contributed by atoms with E-state index in [1.54, 1.807) is 6.92 Å². The van der Waals surface area contributed by atoms with Gasteiger partial charge >= 0.3 is 5.97 Å². The van der Waals surface area contributed by atoms with E-state index in [1.807, 2.05) is 6.07 Å². The molecule has 0 unspecified atom stereocenters. The SMILES string of the molecule is CCOC(=O)c1cc(C#N)sc1Br. The molecule has 0 amide bonds. The molecule has 3 nitrogen and oxygen atoms in total. The highest BCUT2D eigenvalue weighted by atomic mass is 79.9. The van der Waals surface area contributed by atoms with Gasteiger partial charge < -0.3 is 4.74 Å². The molecule has 0 aliphatic carbocycles. The maximum Gasteiger partial charge on any atom is 0.340 e. The summed E-state index contributed by atoms with van der Waals surface area (Å²) in [6, 6.07) is 3.49. The number of nitrogens with zero attached hydrogens (tertiary/aromatic N) is 1. The molecule has 0 radical (unpaired) electrons. The molecule has 0 aliphatic heterocycles. The Kier molecular flexibility index (Phi) is 3.46. The van der Waals surface area contributed by atoms with E-state index in [1.165, 1.54) is 17.4 Å². The van der Waals surface area contributed by atoms with E-state index >= 15 is 0 Å². The number of carbonyl (C=O) groups excluding carboxylic acids is 1. The lowest BCUT2D eigenvalue weighted by molar-refractivity contribution is 0.0526. The van der Waals surface area contributed by atoms with Crippen LogP contribution in [0.15, 0.2) is 9.85 Å². The fraction of sp³-hybridized carbons (Fsp3) is 0.250. The minimum atomic E-state index is -0.396. The Morgan fingerprint density at radius 1 is 1.85 bits per heavy atom. The summed E-state index contributed by atoms with van der Waals surface area (Å²) >= 11 is 4.42. The van der Waals surface area contributed by atoms with Gasteiger partial charge in [-0.3, -0.25) is 0 Å². The molecular formula is C8H6BrNO2S. The van der Waals surface area contributed by atoms with Crippen LogP contribution in [0.3, 0.4) is 0 Å². The Hall–Kier alpha value is -0.860. The zero-order valence-electron chi connectivity index (χ0n) is 6.83. The molecule has 1 rings (SSSR count). The Morgan fingerprint density at radius 3 is 3.00 bits per heavy atom. The van der Waals surface area contributed by atoms with Gasteiger partial charge in [-0.1, -0.05) is 0 Å². The van der Waals surface area contributed by atoms with Crippen LogP contribution in [-0.2, 0) is 4.74 Å². The van der Waals surface area contributed by atoms with Gasteiger partial charge in [0, 0.05) is 0 Å². The Balaban J connectivity index is 2.95. The van der Waals surface area contributed by atoms with Gasteiger partial charge in [0.05, 0.1) is 16.0 Å². The lowest BCUT2D eigenvalue weighted by Gasteiger charge is -1.97. The van der Waals surface area contributed by atoms with Crippen LogP contribution in [0, 0.1) is 11.3 Å². The summed E-state index contributed by atoms with van der Waals surface area (Å²) in [6.45, 7) is 2.08. The second-order valence-electron chi connectivity index (χ2n) is 2.13. The molecule has 1 aromatic rings. The zero-order valence-corrected chi connectivity index (χ0v) is 9.24. The van der Waals surface area contributed by atoms with Gasteiger partial charge in [-0.15, -0.1) is 11.3 Å². The van der Waals surface area contributed by atoms with Crippen molar-refractivity contribution in [3.63, 3.8) is 0 Å². The normalized spacial score (nSPS) is 9.31. The van der Waals surface area contributed by atoms with Crippen molar-refractivity contribution in [2.24, 2.45) is 0 Å². The Morgan fingerprint density at radius 2 is 2.54 bits per heavy atom. The smallest absolute Gasteiger partial charge is 0.340 e. The van der Waals surface area contributed by atoms with Gasteiger partial charge in [-0.05, 0) is 28.9 Å². The highest BCUT2D eigenvalue weighted by Gasteiger charge is 2.14. The third kappa shape index (κ3) is 2.29. The number of nitriles is 1. The lowest BCUT2D eigenvalue weighted by atomic mass is 10.3. The first kappa shape index (κ1) is 10.2. The molecule has 0 aromatic carbocycles. The van der Waals surface area contributed by atoms with Crippen LogP contribution in [0.4, 0.5) is 0 Å². The van der Waals surface area contributed by atoms with E-state index in [4.69, 9.17) is 10.00 Å². The highest BCUT2D eigenvalue weighted by molar-refractivity contribution is 9.11. The summed E-state index contributed by atoms with van der Waals surface area (Å²) in [5.74, 6) is -0.396. The van der Waals surface area contributed by atoms with Gasteiger partial charge in [0.15, 0.2) is 0 Å². The summed E-state index contributed by atoms with van der Waals surface area (Å²) in [7, 11) is 0. The van der Waals surface area contributed by atoms with Crippen LogP contribution in [-0.4, -0.2) is 12.6 Å². The molecule has 13 heavy (non-hydrogen) atoms. The van der Waals surface area contributed by atoms with Crippen LogP contribution < -0.4 is 0 Å². The maximum absolute atomic E-state index is 11.2. The van der Waals surface area contributed by atoms with Crippen LogP contribution >= 0.6 is 27.3 Å². The number of thiophene rings is 1. The van der Waals surface area contributed by atoms with Gasteiger partial charge in [0.2, 0.25) is 0 Å². The quantitative estimate of drug-likeness (QED) is 0.768. The second-order valence-corrected chi connectivity index (χ2v) is 4.50. The van der Waals surface area contributed by atoms with E-state index in [0.29, 0.717) is 20.8 Å². The van der Waals surface area contributed by atoms with Crippen molar-refractivity contribution in [1.82, 2.24) is 0 Å². The summed E-state index contributed by atoms with van der Waals surface area (Å²) in [4.78, 5) is 11.7. The lowest BCUT2D eigenvalue weighted by Crippen LogP contribution is -2.03. The molecule has 0 saturated carbocycles. The van der Waals surface area contributed by atoms with Crippen LogP contribution in [0.1, 0.15) is 22.2 Å². The first-order valence-electron chi connectivity index (χ1n) is 3.55. The highest BCUT2D eigenvalue weighted by Crippen LogP contribution is 2.28. The molecule has 5 heteroatoms. The molecule has 0 N–H and O–H groups in total. The summed E-state index contributed by atoms with van der Waals surface area (Å²) in [6.07, 6.45) is 0. The van der Waals surface area contributed by atoms with Gasteiger partial charge in [0.1, 0.15) is 10.9 Å². The average Bonchev–Trinajstić information content (AvgIpc) is 2.47. The monoisotopic (exact) mass is 259 g/mol. The number of hydrogen-bond acceptors (Lipinski definition) is 4. The largest absolute Gasteiger partial charge is 0.462 e. The maximum atomic E-state index is 11.2. The van der Waals surface area contributed by atoms with Crippen LogP contribution in [0.5, 0.6) is 0 Å². The molecule has 0 bridgehead atoms. The van der Waals surface area contributed by atoms with Crippen molar-refractivity contribution in [2.75, 3.05) is 6.61 Å². The van der Waals surface area contributed by atoms with Crippen molar-refractivity contribution in [3.8, 4) is 6.07 Å². The third-order valence-electron chi connectivity index (χ3n) is 1.29. The fourth-order valence-electron chi connectivity index (χ4n) is 0.772. The van der Waals surface area contributed by atoms with Crippen molar-refractivity contribution in [2.45, 2.75) is 6.92 Å². The topological polar surface area (TPSA) is 50.1 Å². The van der Waals surface area contributed by atoms with Crippen molar-refractivity contribution in [1.29, 1.82) is 5.26 Å². The average molecular weight is 260 g/mol. The van der Waals surface area contributed by atoms with Crippen molar-refractivity contribution >= 4 is 33.2 Å². The second kappa shape index (κ2) is 4.40.